The summed E-state index contributed by atoms with van der Waals surface area (Å²) < 4.78 is 18.1. The molecule has 0 aliphatic heterocycles. The largest absolute Gasteiger partial charge is 0.423 e. The summed E-state index contributed by atoms with van der Waals surface area (Å²) in [5, 5.41) is 0. The Morgan fingerprint density at radius 1 is 1.21 bits per heavy atom. The van der Waals surface area contributed by atoms with Gasteiger partial charge in [-0.15, -0.1) is 0 Å². The van der Waals surface area contributed by atoms with Crippen LogP contribution in [0.4, 0.5) is 4.39 Å². The maximum Gasteiger partial charge on any atom is 0.345 e. The van der Waals surface area contributed by atoms with Crippen LogP contribution >= 0.6 is 0 Å². The summed E-state index contributed by atoms with van der Waals surface area (Å²) in [5.74, 6) is -0.696. The molecule has 0 bridgehead atoms. The van der Waals surface area contributed by atoms with Crippen molar-refractivity contribution in [2.24, 2.45) is 0 Å². The molecule has 0 atom stereocenters. The van der Waals surface area contributed by atoms with Gasteiger partial charge in [-0.3, -0.25) is 4.79 Å². The van der Waals surface area contributed by atoms with Crippen molar-refractivity contribution >= 4 is 5.97 Å². The number of carbonyl (C=O) groups is 1. The molecule has 1 aromatic carbocycles. The second kappa shape index (κ2) is 5.06. The molecule has 2 aromatic rings. The van der Waals surface area contributed by atoms with E-state index in [1.54, 1.807) is 13.8 Å². The van der Waals surface area contributed by atoms with Crippen molar-refractivity contribution in [1.82, 2.24) is 4.98 Å². The normalized spacial score (nSPS) is 10.3. The fourth-order valence-electron chi connectivity index (χ4n) is 1.68. The summed E-state index contributed by atoms with van der Waals surface area (Å²) in [6.07, 6.45) is 1.30. The van der Waals surface area contributed by atoms with Crippen molar-refractivity contribution in [3.63, 3.8) is 0 Å². The van der Waals surface area contributed by atoms with Crippen LogP contribution in [0.5, 0.6) is 5.75 Å². The molecule has 0 spiro atoms. The number of carbonyl (C=O) groups excluding carboxylic acids is 1. The number of H-pyrrole nitrogens is 1. The highest BCUT2D eigenvalue weighted by molar-refractivity contribution is 5.92. The van der Waals surface area contributed by atoms with Gasteiger partial charge in [-0.2, -0.15) is 0 Å². The van der Waals surface area contributed by atoms with Gasteiger partial charge >= 0.3 is 5.97 Å². The number of aryl methyl sites for hydroxylation is 2. The lowest BCUT2D eigenvalue weighted by molar-refractivity contribution is 0.0732. The van der Waals surface area contributed by atoms with Gasteiger partial charge in [-0.1, -0.05) is 0 Å². The van der Waals surface area contributed by atoms with Crippen LogP contribution in [-0.4, -0.2) is 11.0 Å². The maximum absolute atomic E-state index is 12.9. The lowest BCUT2D eigenvalue weighted by Gasteiger charge is -2.08. The number of benzene rings is 1. The molecule has 1 aromatic heterocycles. The summed E-state index contributed by atoms with van der Waals surface area (Å²) in [6, 6.07) is 5.20. The van der Waals surface area contributed by atoms with Crippen LogP contribution in [0.25, 0.3) is 0 Å². The van der Waals surface area contributed by atoms with Gasteiger partial charge in [0.2, 0.25) is 5.56 Å². The standard InChI is InChI=1S/C14H12FNO3/c1-8-6-13(17)16-7-11(8)14(18)19-12-4-3-10(15)5-9(12)2/h3-7H,1-2H3,(H,16,17). The molecule has 0 saturated heterocycles. The zero-order valence-corrected chi connectivity index (χ0v) is 10.5. The highest BCUT2D eigenvalue weighted by atomic mass is 19.1. The number of aromatic nitrogens is 1. The third-order valence-electron chi connectivity index (χ3n) is 2.69. The average Bonchev–Trinajstić information content (AvgIpc) is 2.32. The molecule has 1 heterocycles. The first-order valence-electron chi connectivity index (χ1n) is 5.65. The maximum atomic E-state index is 12.9. The Labute approximate surface area is 108 Å². The SMILES string of the molecule is Cc1cc(F)ccc1OC(=O)c1c[nH]c(=O)cc1C. The van der Waals surface area contributed by atoms with Gasteiger partial charge in [0, 0.05) is 12.3 Å². The van der Waals surface area contributed by atoms with E-state index in [1.165, 1.54) is 30.5 Å². The number of halogens is 1. The predicted octanol–water partition coefficient (Wildman–Crippen LogP) is 2.35. The molecule has 0 aliphatic carbocycles. The van der Waals surface area contributed by atoms with Crippen LogP contribution in [-0.2, 0) is 0 Å². The fourth-order valence-corrected chi connectivity index (χ4v) is 1.68. The van der Waals surface area contributed by atoms with E-state index in [-0.39, 0.29) is 16.9 Å². The van der Waals surface area contributed by atoms with Gasteiger partial charge < -0.3 is 9.72 Å². The first-order chi connectivity index (χ1) is 8.97. The predicted molar refractivity (Wildman–Crippen MR) is 67.9 cm³/mol. The molecule has 5 heteroatoms. The Balaban J connectivity index is 2.28. The van der Waals surface area contributed by atoms with E-state index in [0.29, 0.717) is 11.1 Å². The van der Waals surface area contributed by atoms with Gasteiger partial charge in [0.25, 0.3) is 0 Å². The molecule has 0 radical (unpaired) electrons. The number of aromatic amines is 1. The Morgan fingerprint density at radius 3 is 2.58 bits per heavy atom. The van der Waals surface area contributed by atoms with E-state index in [2.05, 4.69) is 4.98 Å². The fraction of sp³-hybridized carbons (Fsp3) is 0.143. The highest BCUT2D eigenvalue weighted by Gasteiger charge is 2.13. The van der Waals surface area contributed by atoms with Crippen molar-refractivity contribution in [2.45, 2.75) is 13.8 Å². The van der Waals surface area contributed by atoms with E-state index in [9.17, 15) is 14.0 Å². The second-order valence-corrected chi connectivity index (χ2v) is 4.19. The van der Waals surface area contributed by atoms with Crippen LogP contribution in [0, 0.1) is 19.7 Å². The zero-order valence-electron chi connectivity index (χ0n) is 10.5. The summed E-state index contributed by atoms with van der Waals surface area (Å²) in [7, 11) is 0. The molecule has 0 aliphatic rings. The van der Waals surface area contributed by atoms with Crippen molar-refractivity contribution < 1.29 is 13.9 Å². The molecule has 1 N–H and O–H groups in total. The topological polar surface area (TPSA) is 59.2 Å². The molecule has 4 nitrogen and oxygen atoms in total. The number of hydrogen-bond donors (Lipinski definition) is 1. The summed E-state index contributed by atoms with van der Waals surface area (Å²) in [4.78, 5) is 25.4. The van der Waals surface area contributed by atoms with E-state index < -0.39 is 11.8 Å². The summed E-state index contributed by atoms with van der Waals surface area (Å²) >= 11 is 0. The Hall–Kier alpha value is -2.43. The van der Waals surface area contributed by atoms with Gasteiger partial charge in [-0.25, -0.2) is 9.18 Å². The van der Waals surface area contributed by atoms with Crippen molar-refractivity contribution in [1.29, 1.82) is 0 Å². The molecule has 2 rings (SSSR count). The number of nitrogens with one attached hydrogen (secondary N) is 1. The number of pyridine rings is 1. The smallest absolute Gasteiger partial charge is 0.345 e. The van der Waals surface area contributed by atoms with Crippen LogP contribution in [0.15, 0.2) is 35.3 Å². The Morgan fingerprint density at radius 2 is 1.95 bits per heavy atom. The molecule has 0 amide bonds. The number of rotatable bonds is 2. The number of hydrogen-bond acceptors (Lipinski definition) is 3. The minimum atomic E-state index is -0.594. The minimum absolute atomic E-state index is 0.267. The van der Waals surface area contributed by atoms with Crippen LogP contribution in [0.1, 0.15) is 21.5 Å². The van der Waals surface area contributed by atoms with E-state index in [4.69, 9.17) is 4.74 Å². The van der Waals surface area contributed by atoms with Gasteiger partial charge in [0.1, 0.15) is 11.6 Å². The molecule has 0 saturated carbocycles. The van der Waals surface area contributed by atoms with E-state index in [1.807, 2.05) is 0 Å². The average molecular weight is 261 g/mol. The third-order valence-corrected chi connectivity index (χ3v) is 2.69. The third kappa shape index (κ3) is 2.88. The monoisotopic (exact) mass is 261 g/mol. The number of ether oxygens (including phenoxy) is 1. The van der Waals surface area contributed by atoms with Crippen LogP contribution in [0.2, 0.25) is 0 Å². The molecule has 0 unspecified atom stereocenters. The number of esters is 1. The highest BCUT2D eigenvalue weighted by Crippen LogP contribution is 2.20. The first kappa shape index (κ1) is 13.0. The Bertz CT molecular complexity index is 691. The summed E-state index contributed by atoms with van der Waals surface area (Å²) in [5.41, 5.74) is 1.03. The van der Waals surface area contributed by atoms with Crippen molar-refractivity contribution in [3.05, 3.63) is 63.3 Å². The summed E-state index contributed by atoms with van der Waals surface area (Å²) in [6.45, 7) is 3.29. The van der Waals surface area contributed by atoms with Crippen LogP contribution in [0.3, 0.4) is 0 Å². The second-order valence-electron chi connectivity index (χ2n) is 4.19. The van der Waals surface area contributed by atoms with E-state index in [0.717, 1.165) is 0 Å². The van der Waals surface area contributed by atoms with Crippen molar-refractivity contribution in [2.75, 3.05) is 0 Å². The Kier molecular flexibility index (Phi) is 3.46. The lowest BCUT2D eigenvalue weighted by atomic mass is 10.1. The van der Waals surface area contributed by atoms with Gasteiger partial charge in [-0.05, 0) is 43.2 Å². The van der Waals surface area contributed by atoms with Gasteiger partial charge in [0.05, 0.1) is 5.56 Å². The quantitative estimate of drug-likeness (QED) is 0.666. The molecular formula is C14H12FNO3. The van der Waals surface area contributed by atoms with Gasteiger partial charge in [0.15, 0.2) is 0 Å². The first-order valence-corrected chi connectivity index (χ1v) is 5.65. The lowest BCUT2D eigenvalue weighted by Crippen LogP contribution is -2.15. The minimum Gasteiger partial charge on any atom is -0.423 e. The van der Waals surface area contributed by atoms with Crippen LogP contribution < -0.4 is 10.3 Å². The van der Waals surface area contributed by atoms with Crippen molar-refractivity contribution in [3.8, 4) is 5.75 Å². The zero-order chi connectivity index (χ0) is 14.0. The molecular weight excluding hydrogens is 249 g/mol. The molecule has 19 heavy (non-hydrogen) atoms. The van der Waals surface area contributed by atoms with E-state index >= 15 is 0 Å². The molecule has 98 valence electrons. The molecule has 0 fully saturated rings.